The van der Waals surface area contributed by atoms with E-state index in [0.717, 1.165) is 0 Å². The fourth-order valence-electron chi connectivity index (χ4n) is 1.84. The minimum atomic E-state index is -0.717. The van der Waals surface area contributed by atoms with Crippen LogP contribution in [-0.4, -0.2) is 19.6 Å². The molecule has 96 valence electrons. The second-order valence-corrected chi connectivity index (χ2v) is 4.39. The van der Waals surface area contributed by atoms with Crippen LogP contribution in [0.25, 0.3) is 17.0 Å². The molecule has 0 radical (unpaired) electrons. The molecule has 0 atom stereocenters. The molecule has 1 aromatic carbocycles. The van der Waals surface area contributed by atoms with E-state index in [1.54, 1.807) is 6.92 Å². The Bertz CT molecular complexity index is 785. The quantitative estimate of drug-likeness (QED) is 0.688. The summed E-state index contributed by atoms with van der Waals surface area (Å²) in [7, 11) is 0. The molecule has 0 fully saturated rings. The van der Waals surface area contributed by atoms with Gasteiger partial charge in [0.15, 0.2) is 11.5 Å². The van der Waals surface area contributed by atoms with Crippen LogP contribution in [-0.2, 0) is 0 Å². The SMILES string of the molecule is Cc1ccc(F)c(-c2nnc3cncc(Cl)n23)c1F. The van der Waals surface area contributed by atoms with Crippen molar-refractivity contribution >= 4 is 17.2 Å². The molecule has 0 amide bonds. The van der Waals surface area contributed by atoms with E-state index < -0.39 is 11.6 Å². The standard InChI is InChI=1S/C12H7ClF2N4/c1-6-2-3-7(14)10(11(6)15)12-18-17-9-5-16-4-8(13)19(9)12/h2-5H,1H3. The highest BCUT2D eigenvalue weighted by molar-refractivity contribution is 6.29. The van der Waals surface area contributed by atoms with Crippen molar-refractivity contribution < 1.29 is 8.78 Å². The Hall–Kier alpha value is -2.08. The molecule has 0 N–H and O–H groups in total. The molecule has 0 aliphatic heterocycles. The van der Waals surface area contributed by atoms with Gasteiger partial charge in [0.25, 0.3) is 0 Å². The number of halogens is 3. The molecule has 0 unspecified atom stereocenters. The van der Waals surface area contributed by atoms with Gasteiger partial charge in [-0.1, -0.05) is 17.7 Å². The average molecular weight is 281 g/mol. The molecule has 2 aromatic heterocycles. The monoisotopic (exact) mass is 280 g/mol. The van der Waals surface area contributed by atoms with Crippen LogP contribution in [0.5, 0.6) is 0 Å². The van der Waals surface area contributed by atoms with Gasteiger partial charge < -0.3 is 0 Å². The molecule has 7 heteroatoms. The van der Waals surface area contributed by atoms with E-state index in [0.29, 0.717) is 11.2 Å². The maximum atomic E-state index is 14.1. The summed E-state index contributed by atoms with van der Waals surface area (Å²) in [5.74, 6) is -1.38. The summed E-state index contributed by atoms with van der Waals surface area (Å²) in [6.45, 7) is 1.55. The molecular formula is C12H7ClF2N4. The lowest BCUT2D eigenvalue weighted by atomic mass is 10.1. The molecule has 3 aromatic rings. The first-order chi connectivity index (χ1) is 9.09. The van der Waals surface area contributed by atoms with Crippen LogP contribution in [0.1, 0.15) is 5.56 Å². The van der Waals surface area contributed by atoms with Crippen LogP contribution in [0.15, 0.2) is 24.5 Å². The van der Waals surface area contributed by atoms with Gasteiger partial charge in [0.1, 0.15) is 16.8 Å². The summed E-state index contributed by atoms with van der Waals surface area (Å²) in [6, 6.07) is 2.55. The molecule has 3 rings (SSSR count). The Morgan fingerprint density at radius 2 is 1.95 bits per heavy atom. The predicted octanol–water partition coefficient (Wildman–Crippen LogP) is 3.03. The van der Waals surface area contributed by atoms with Crippen molar-refractivity contribution in [2.45, 2.75) is 6.92 Å². The number of hydrogen-bond acceptors (Lipinski definition) is 3. The van der Waals surface area contributed by atoms with Crippen LogP contribution in [0.3, 0.4) is 0 Å². The lowest BCUT2D eigenvalue weighted by Crippen LogP contribution is -1.99. The smallest absolute Gasteiger partial charge is 0.180 e. The van der Waals surface area contributed by atoms with Crippen LogP contribution < -0.4 is 0 Å². The summed E-state index contributed by atoms with van der Waals surface area (Å²) in [6.07, 6.45) is 2.76. The molecule has 0 saturated heterocycles. The van der Waals surface area contributed by atoms with Gasteiger partial charge >= 0.3 is 0 Å². The van der Waals surface area contributed by atoms with Crippen molar-refractivity contribution in [3.63, 3.8) is 0 Å². The largest absolute Gasteiger partial charge is 0.262 e. The van der Waals surface area contributed by atoms with Crippen LogP contribution in [0, 0.1) is 18.6 Å². The number of aromatic nitrogens is 4. The zero-order valence-electron chi connectivity index (χ0n) is 9.73. The highest BCUT2D eigenvalue weighted by Crippen LogP contribution is 2.28. The third-order valence-electron chi connectivity index (χ3n) is 2.78. The van der Waals surface area contributed by atoms with E-state index in [1.807, 2.05) is 0 Å². The van der Waals surface area contributed by atoms with Crippen LogP contribution >= 0.6 is 11.6 Å². The second-order valence-electron chi connectivity index (χ2n) is 4.00. The fourth-order valence-corrected chi connectivity index (χ4v) is 2.06. The van der Waals surface area contributed by atoms with Crippen LogP contribution in [0.2, 0.25) is 5.15 Å². The van der Waals surface area contributed by atoms with Crippen LogP contribution in [0.4, 0.5) is 8.78 Å². The lowest BCUT2D eigenvalue weighted by molar-refractivity contribution is 0.581. The highest BCUT2D eigenvalue weighted by Gasteiger charge is 2.20. The molecular weight excluding hydrogens is 274 g/mol. The molecule has 2 heterocycles. The van der Waals surface area contributed by atoms with Gasteiger partial charge in [-0.3, -0.25) is 9.38 Å². The highest BCUT2D eigenvalue weighted by atomic mass is 35.5. The Morgan fingerprint density at radius 1 is 1.16 bits per heavy atom. The third kappa shape index (κ3) is 1.76. The van der Waals surface area contributed by atoms with Crippen molar-refractivity contribution in [1.29, 1.82) is 0 Å². The minimum Gasteiger partial charge on any atom is -0.262 e. The van der Waals surface area contributed by atoms with Crippen molar-refractivity contribution in [3.05, 3.63) is 46.9 Å². The average Bonchev–Trinajstić information content (AvgIpc) is 2.80. The van der Waals surface area contributed by atoms with Crippen molar-refractivity contribution in [2.75, 3.05) is 0 Å². The van der Waals surface area contributed by atoms with Gasteiger partial charge in [0, 0.05) is 0 Å². The van der Waals surface area contributed by atoms with Gasteiger partial charge in [-0.25, -0.2) is 8.78 Å². The number of benzene rings is 1. The first-order valence-corrected chi connectivity index (χ1v) is 5.77. The topological polar surface area (TPSA) is 43.1 Å². The zero-order valence-corrected chi connectivity index (χ0v) is 10.5. The first kappa shape index (κ1) is 12.0. The number of fused-ring (bicyclic) bond motifs is 1. The Balaban J connectivity index is 2.41. The van der Waals surface area contributed by atoms with E-state index in [9.17, 15) is 8.78 Å². The summed E-state index contributed by atoms with van der Waals surface area (Å²) in [5.41, 5.74) is 0.390. The van der Waals surface area contributed by atoms with E-state index in [4.69, 9.17) is 11.6 Å². The van der Waals surface area contributed by atoms with Crippen molar-refractivity contribution in [1.82, 2.24) is 19.6 Å². The van der Waals surface area contributed by atoms with Crippen molar-refractivity contribution in [2.24, 2.45) is 0 Å². The molecule has 0 bridgehead atoms. The summed E-state index contributed by atoms with van der Waals surface area (Å²) < 4.78 is 29.3. The van der Waals surface area contributed by atoms with E-state index in [2.05, 4.69) is 15.2 Å². The maximum Gasteiger partial charge on any atom is 0.180 e. The summed E-state index contributed by atoms with van der Waals surface area (Å²) in [5, 5.41) is 7.78. The van der Waals surface area contributed by atoms with E-state index in [-0.39, 0.29) is 16.5 Å². The third-order valence-corrected chi connectivity index (χ3v) is 3.05. The maximum absolute atomic E-state index is 14.1. The molecule has 0 aliphatic rings. The number of nitrogens with zero attached hydrogens (tertiary/aromatic N) is 4. The molecule has 0 spiro atoms. The van der Waals surface area contributed by atoms with Gasteiger partial charge in [-0.2, -0.15) is 0 Å². The summed E-state index contributed by atoms with van der Waals surface area (Å²) in [4.78, 5) is 3.84. The molecule has 0 saturated carbocycles. The predicted molar refractivity (Wildman–Crippen MR) is 65.9 cm³/mol. The minimum absolute atomic E-state index is 0.0149. The fraction of sp³-hybridized carbons (Fsp3) is 0.0833. The number of hydrogen-bond donors (Lipinski definition) is 0. The van der Waals surface area contributed by atoms with Gasteiger partial charge in [0.2, 0.25) is 0 Å². The van der Waals surface area contributed by atoms with E-state index >= 15 is 0 Å². The Morgan fingerprint density at radius 3 is 2.74 bits per heavy atom. The van der Waals surface area contributed by atoms with E-state index in [1.165, 1.54) is 28.9 Å². The molecule has 0 aliphatic carbocycles. The lowest BCUT2D eigenvalue weighted by Gasteiger charge is -2.06. The molecule has 19 heavy (non-hydrogen) atoms. The molecule has 4 nitrogen and oxygen atoms in total. The van der Waals surface area contributed by atoms with Gasteiger partial charge in [0.05, 0.1) is 18.0 Å². The Kier molecular flexibility index (Phi) is 2.67. The van der Waals surface area contributed by atoms with Gasteiger partial charge in [-0.15, -0.1) is 10.2 Å². The van der Waals surface area contributed by atoms with Gasteiger partial charge in [-0.05, 0) is 18.6 Å². The number of rotatable bonds is 1. The first-order valence-electron chi connectivity index (χ1n) is 5.39. The summed E-state index contributed by atoms with van der Waals surface area (Å²) >= 11 is 5.97. The normalized spacial score (nSPS) is 11.2. The van der Waals surface area contributed by atoms with Crippen molar-refractivity contribution in [3.8, 4) is 11.4 Å². The Labute approximate surface area is 111 Å². The second kappa shape index (κ2) is 4.24. The number of aryl methyl sites for hydroxylation is 1. The zero-order chi connectivity index (χ0) is 13.6.